The minimum Gasteiger partial charge on any atom is -0.379 e. The molecule has 0 radical (unpaired) electrons. The van der Waals surface area contributed by atoms with E-state index in [9.17, 15) is 4.79 Å². The molecular weight excluding hydrogens is 306 g/mol. The van der Waals surface area contributed by atoms with Crippen LogP contribution in [0.15, 0.2) is 24.3 Å². The molecule has 1 aromatic rings. The number of ether oxygens (including phenoxy) is 1. The van der Waals surface area contributed by atoms with Crippen molar-refractivity contribution in [2.24, 2.45) is 0 Å². The Morgan fingerprint density at radius 3 is 2.58 bits per heavy atom. The van der Waals surface area contributed by atoms with Crippen LogP contribution in [0.25, 0.3) is 0 Å². The third-order valence-corrected chi connectivity index (χ3v) is 3.06. The Bertz CT molecular complexity index is 413. The summed E-state index contributed by atoms with van der Waals surface area (Å²) in [5.41, 5.74) is 1.77. The molecule has 1 N–H and O–H groups in total. The van der Waals surface area contributed by atoms with E-state index in [2.05, 4.69) is 42.0 Å². The van der Waals surface area contributed by atoms with Crippen LogP contribution in [0.2, 0.25) is 0 Å². The highest BCUT2D eigenvalue weighted by atomic mass is 79.9. The SMILES string of the molecule is CC(C)(C)c1ccccc1C(=O)NCCOCCBr. The first-order valence-corrected chi connectivity index (χ1v) is 7.60. The monoisotopic (exact) mass is 327 g/mol. The summed E-state index contributed by atoms with van der Waals surface area (Å²) in [5.74, 6) is -0.0343. The van der Waals surface area contributed by atoms with E-state index in [4.69, 9.17) is 4.74 Å². The van der Waals surface area contributed by atoms with E-state index in [1.165, 1.54) is 0 Å². The van der Waals surface area contributed by atoms with Crippen LogP contribution in [-0.2, 0) is 10.2 Å². The van der Waals surface area contributed by atoms with Gasteiger partial charge < -0.3 is 10.1 Å². The smallest absolute Gasteiger partial charge is 0.251 e. The average molecular weight is 328 g/mol. The summed E-state index contributed by atoms with van der Waals surface area (Å²) < 4.78 is 5.30. The van der Waals surface area contributed by atoms with E-state index in [1.807, 2.05) is 24.3 Å². The van der Waals surface area contributed by atoms with Crippen molar-refractivity contribution in [3.05, 3.63) is 35.4 Å². The molecule has 0 spiro atoms. The lowest BCUT2D eigenvalue weighted by Crippen LogP contribution is -2.30. The highest BCUT2D eigenvalue weighted by Crippen LogP contribution is 2.25. The fraction of sp³-hybridized carbons (Fsp3) is 0.533. The van der Waals surface area contributed by atoms with Crippen LogP contribution in [-0.4, -0.2) is 31.0 Å². The summed E-state index contributed by atoms with van der Waals surface area (Å²) in [7, 11) is 0. The predicted octanol–water partition coefficient (Wildman–Crippen LogP) is 3.13. The Hall–Kier alpha value is -0.870. The maximum Gasteiger partial charge on any atom is 0.251 e. The van der Waals surface area contributed by atoms with Crippen molar-refractivity contribution >= 4 is 21.8 Å². The summed E-state index contributed by atoms with van der Waals surface area (Å²) in [6.07, 6.45) is 0. The van der Waals surface area contributed by atoms with Crippen LogP contribution in [0.5, 0.6) is 0 Å². The van der Waals surface area contributed by atoms with Gasteiger partial charge in [-0.25, -0.2) is 0 Å². The number of nitrogens with one attached hydrogen (secondary N) is 1. The lowest BCUT2D eigenvalue weighted by molar-refractivity contribution is 0.0922. The number of halogens is 1. The zero-order valence-electron chi connectivity index (χ0n) is 11.8. The quantitative estimate of drug-likeness (QED) is 0.644. The van der Waals surface area contributed by atoms with E-state index in [0.29, 0.717) is 19.8 Å². The molecule has 4 heteroatoms. The van der Waals surface area contributed by atoms with Gasteiger partial charge in [0.05, 0.1) is 13.2 Å². The van der Waals surface area contributed by atoms with Crippen LogP contribution in [0, 0.1) is 0 Å². The fourth-order valence-electron chi connectivity index (χ4n) is 1.82. The summed E-state index contributed by atoms with van der Waals surface area (Å²) in [4.78, 5) is 12.2. The van der Waals surface area contributed by atoms with E-state index >= 15 is 0 Å². The second-order valence-electron chi connectivity index (χ2n) is 5.35. The first-order chi connectivity index (χ1) is 8.96. The standard InChI is InChI=1S/C15H22BrNO2/c1-15(2,3)13-7-5-4-6-12(13)14(18)17-9-11-19-10-8-16/h4-7H,8-11H2,1-3H3,(H,17,18). The molecule has 0 fully saturated rings. The third-order valence-electron chi connectivity index (χ3n) is 2.73. The molecule has 1 amide bonds. The Kier molecular flexibility index (Phi) is 6.52. The van der Waals surface area contributed by atoms with Gasteiger partial charge >= 0.3 is 0 Å². The normalized spacial score (nSPS) is 11.4. The number of benzene rings is 1. The summed E-state index contributed by atoms with van der Waals surface area (Å²) >= 11 is 3.29. The van der Waals surface area contributed by atoms with Gasteiger partial charge in [-0.05, 0) is 17.0 Å². The molecule has 0 aliphatic carbocycles. The van der Waals surface area contributed by atoms with Crippen LogP contribution in [0.3, 0.4) is 0 Å². The number of alkyl halides is 1. The molecule has 0 heterocycles. The van der Waals surface area contributed by atoms with Crippen LogP contribution in [0.4, 0.5) is 0 Å². The molecule has 0 bridgehead atoms. The number of carbonyl (C=O) groups is 1. The van der Waals surface area contributed by atoms with E-state index < -0.39 is 0 Å². The molecule has 0 atom stereocenters. The molecular formula is C15H22BrNO2. The van der Waals surface area contributed by atoms with Gasteiger partial charge in [-0.1, -0.05) is 54.9 Å². The second kappa shape index (κ2) is 7.65. The summed E-state index contributed by atoms with van der Waals surface area (Å²) in [5, 5.41) is 3.70. The van der Waals surface area contributed by atoms with Crippen molar-refractivity contribution < 1.29 is 9.53 Å². The van der Waals surface area contributed by atoms with Gasteiger partial charge in [0.25, 0.3) is 5.91 Å². The fourth-order valence-corrected chi connectivity index (χ4v) is 2.05. The molecule has 0 aromatic heterocycles. The van der Waals surface area contributed by atoms with Crippen molar-refractivity contribution in [3.63, 3.8) is 0 Å². The maximum absolute atomic E-state index is 12.2. The van der Waals surface area contributed by atoms with Crippen molar-refractivity contribution in [1.29, 1.82) is 0 Å². The van der Waals surface area contributed by atoms with Crippen LogP contribution < -0.4 is 5.32 Å². The first kappa shape index (κ1) is 16.2. The molecule has 0 saturated heterocycles. The van der Waals surface area contributed by atoms with Gasteiger partial charge in [0.1, 0.15) is 0 Å². The summed E-state index contributed by atoms with van der Waals surface area (Å²) in [6, 6.07) is 7.74. The van der Waals surface area contributed by atoms with E-state index in [1.54, 1.807) is 0 Å². The average Bonchev–Trinajstić information content (AvgIpc) is 2.37. The molecule has 0 aliphatic heterocycles. The number of amides is 1. The van der Waals surface area contributed by atoms with Gasteiger partial charge in [-0.3, -0.25) is 4.79 Å². The van der Waals surface area contributed by atoms with E-state index in [0.717, 1.165) is 16.5 Å². The molecule has 1 rings (SSSR count). The Labute approximate surface area is 123 Å². The van der Waals surface area contributed by atoms with Crippen molar-refractivity contribution in [2.45, 2.75) is 26.2 Å². The zero-order chi connectivity index (χ0) is 14.3. The number of hydrogen-bond acceptors (Lipinski definition) is 2. The van der Waals surface area contributed by atoms with Gasteiger partial charge in [0, 0.05) is 17.4 Å². The van der Waals surface area contributed by atoms with Crippen LogP contribution >= 0.6 is 15.9 Å². The maximum atomic E-state index is 12.2. The Balaban J connectivity index is 2.62. The Morgan fingerprint density at radius 1 is 1.26 bits per heavy atom. The highest BCUT2D eigenvalue weighted by molar-refractivity contribution is 9.09. The van der Waals surface area contributed by atoms with Crippen molar-refractivity contribution in [3.8, 4) is 0 Å². The topological polar surface area (TPSA) is 38.3 Å². The molecule has 0 saturated carbocycles. The largest absolute Gasteiger partial charge is 0.379 e. The third kappa shape index (κ3) is 5.33. The molecule has 19 heavy (non-hydrogen) atoms. The van der Waals surface area contributed by atoms with Gasteiger partial charge in [-0.15, -0.1) is 0 Å². The number of carbonyl (C=O) groups excluding carboxylic acids is 1. The van der Waals surface area contributed by atoms with E-state index in [-0.39, 0.29) is 11.3 Å². The molecule has 1 aromatic carbocycles. The zero-order valence-corrected chi connectivity index (χ0v) is 13.4. The minimum atomic E-state index is -0.0413. The molecule has 0 unspecified atom stereocenters. The lowest BCUT2D eigenvalue weighted by atomic mass is 9.83. The van der Waals surface area contributed by atoms with Crippen LogP contribution in [0.1, 0.15) is 36.7 Å². The summed E-state index contributed by atoms with van der Waals surface area (Å²) in [6.45, 7) is 8.06. The Morgan fingerprint density at radius 2 is 1.95 bits per heavy atom. The highest BCUT2D eigenvalue weighted by Gasteiger charge is 2.20. The number of rotatable bonds is 6. The second-order valence-corrected chi connectivity index (χ2v) is 6.15. The molecule has 0 aliphatic rings. The van der Waals surface area contributed by atoms with Crippen molar-refractivity contribution in [2.75, 3.05) is 25.1 Å². The first-order valence-electron chi connectivity index (χ1n) is 6.48. The van der Waals surface area contributed by atoms with Gasteiger partial charge in [0.15, 0.2) is 0 Å². The molecule has 3 nitrogen and oxygen atoms in total. The van der Waals surface area contributed by atoms with Gasteiger partial charge in [0.2, 0.25) is 0 Å². The van der Waals surface area contributed by atoms with Gasteiger partial charge in [-0.2, -0.15) is 0 Å². The van der Waals surface area contributed by atoms with Crippen molar-refractivity contribution in [1.82, 2.24) is 5.32 Å². The number of hydrogen-bond donors (Lipinski definition) is 1. The predicted molar refractivity (Wildman–Crippen MR) is 82.1 cm³/mol. The minimum absolute atomic E-state index is 0.0343. The molecule has 106 valence electrons. The lowest BCUT2D eigenvalue weighted by Gasteiger charge is -2.22.